The smallest absolute Gasteiger partial charge is 0.0998 e. The van der Waals surface area contributed by atoms with Gasteiger partial charge in [0.1, 0.15) is 0 Å². The molecule has 0 radical (unpaired) electrons. The second-order valence-electron chi connectivity index (χ2n) is 3.74. The van der Waals surface area contributed by atoms with Crippen LogP contribution in [-0.2, 0) is 0 Å². The number of halogens is 2. The summed E-state index contributed by atoms with van der Waals surface area (Å²) in [7, 11) is 0. The molecule has 0 atom stereocenters. The van der Waals surface area contributed by atoms with E-state index in [1.807, 2.05) is 30.3 Å². The fourth-order valence-corrected chi connectivity index (χ4v) is 1.99. The Labute approximate surface area is 116 Å². The minimum absolute atomic E-state index is 0.555. The van der Waals surface area contributed by atoms with Gasteiger partial charge in [0, 0.05) is 10.0 Å². The van der Waals surface area contributed by atoms with Gasteiger partial charge in [-0.25, -0.2) is 0 Å². The molecule has 0 saturated heterocycles. The van der Waals surface area contributed by atoms with E-state index in [-0.39, 0.29) is 0 Å². The number of hydrogen-bond acceptors (Lipinski definition) is 1. The molecular weight excluding hydrogens is 265 g/mol. The standard InChI is InChI=1S/C15H9Cl2N/c16-14-5-1-3-11(8-14)7-13(10-18)12-4-2-6-15(17)9-12/h1-9H/b13-7-. The minimum Gasteiger partial charge on any atom is -0.192 e. The third-order valence-corrected chi connectivity index (χ3v) is 2.89. The molecule has 0 amide bonds. The van der Waals surface area contributed by atoms with E-state index < -0.39 is 0 Å². The van der Waals surface area contributed by atoms with Gasteiger partial charge in [-0.2, -0.15) is 5.26 Å². The van der Waals surface area contributed by atoms with Crippen LogP contribution in [0.15, 0.2) is 48.5 Å². The van der Waals surface area contributed by atoms with Crippen molar-refractivity contribution in [3.8, 4) is 6.07 Å². The van der Waals surface area contributed by atoms with Crippen LogP contribution < -0.4 is 0 Å². The van der Waals surface area contributed by atoms with Gasteiger partial charge in [-0.1, -0.05) is 47.5 Å². The average Bonchev–Trinajstić information content (AvgIpc) is 2.36. The summed E-state index contributed by atoms with van der Waals surface area (Å²) < 4.78 is 0. The van der Waals surface area contributed by atoms with Crippen LogP contribution in [0.5, 0.6) is 0 Å². The SMILES string of the molecule is N#C/C(=C/c1cccc(Cl)c1)c1cccc(Cl)c1. The molecule has 0 heterocycles. The predicted molar refractivity (Wildman–Crippen MR) is 76.4 cm³/mol. The highest BCUT2D eigenvalue weighted by Gasteiger charge is 2.02. The number of hydrogen-bond donors (Lipinski definition) is 0. The normalized spacial score (nSPS) is 11.1. The van der Waals surface area contributed by atoms with Crippen molar-refractivity contribution in [1.29, 1.82) is 5.26 Å². The zero-order valence-electron chi connectivity index (χ0n) is 9.40. The van der Waals surface area contributed by atoms with Crippen LogP contribution in [0, 0.1) is 11.3 Å². The van der Waals surface area contributed by atoms with Crippen LogP contribution in [0.1, 0.15) is 11.1 Å². The molecule has 3 heteroatoms. The number of allylic oxidation sites excluding steroid dienone is 1. The van der Waals surface area contributed by atoms with Crippen molar-refractivity contribution in [3.05, 3.63) is 69.7 Å². The summed E-state index contributed by atoms with van der Waals surface area (Å²) in [6.45, 7) is 0. The summed E-state index contributed by atoms with van der Waals surface area (Å²) in [6, 6.07) is 16.7. The Morgan fingerprint density at radius 3 is 2.28 bits per heavy atom. The summed E-state index contributed by atoms with van der Waals surface area (Å²) in [4.78, 5) is 0. The molecule has 18 heavy (non-hydrogen) atoms. The van der Waals surface area contributed by atoms with E-state index in [0.29, 0.717) is 15.6 Å². The first-order chi connectivity index (χ1) is 8.69. The van der Waals surface area contributed by atoms with E-state index in [1.165, 1.54) is 0 Å². The second kappa shape index (κ2) is 5.73. The second-order valence-corrected chi connectivity index (χ2v) is 4.61. The molecule has 0 saturated carbocycles. The van der Waals surface area contributed by atoms with Gasteiger partial charge >= 0.3 is 0 Å². The van der Waals surface area contributed by atoms with E-state index in [0.717, 1.165) is 11.1 Å². The van der Waals surface area contributed by atoms with E-state index >= 15 is 0 Å². The van der Waals surface area contributed by atoms with Crippen molar-refractivity contribution in [1.82, 2.24) is 0 Å². The molecule has 2 aromatic carbocycles. The summed E-state index contributed by atoms with van der Waals surface area (Å²) in [5.41, 5.74) is 2.24. The van der Waals surface area contributed by atoms with Crippen LogP contribution in [0.25, 0.3) is 11.6 Å². The highest BCUT2D eigenvalue weighted by molar-refractivity contribution is 6.31. The van der Waals surface area contributed by atoms with Gasteiger partial charge in [-0.15, -0.1) is 0 Å². The van der Waals surface area contributed by atoms with Crippen molar-refractivity contribution >= 4 is 34.9 Å². The van der Waals surface area contributed by atoms with Gasteiger partial charge in [0.2, 0.25) is 0 Å². The average molecular weight is 274 g/mol. The molecule has 0 N–H and O–H groups in total. The summed E-state index contributed by atoms with van der Waals surface area (Å²) in [6.07, 6.45) is 1.79. The van der Waals surface area contributed by atoms with E-state index in [1.54, 1.807) is 24.3 Å². The van der Waals surface area contributed by atoms with Crippen LogP contribution in [0.4, 0.5) is 0 Å². The molecule has 88 valence electrons. The minimum atomic E-state index is 0.555. The van der Waals surface area contributed by atoms with Crippen molar-refractivity contribution in [3.63, 3.8) is 0 Å². The van der Waals surface area contributed by atoms with E-state index in [2.05, 4.69) is 6.07 Å². The summed E-state index contributed by atoms with van der Waals surface area (Å²) in [5, 5.41) is 10.5. The largest absolute Gasteiger partial charge is 0.192 e. The quantitative estimate of drug-likeness (QED) is 0.554. The van der Waals surface area contributed by atoms with E-state index in [9.17, 15) is 5.26 Å². The van der Waals surface area contributed by atoms with Crippen molar-refractivity contribution in [2.75, 3.05) is 0 Å². The maximum atomic E-state index is 9.21. The van der Waals surface area contributed by atoms with Crippen LogP contribution in [0.3, 0.4) is 0 Å². The maximum absolute atomic E-state index is 9.21. The summed E-state index contributed by atoms with van der Waals surface area (Å²) in [5.74, 6) is 0. The van der Waals surface area contributed by atoms with Gasteiger partial charge in [-0.05, 0) is 41.5 Å². The first-order valence-corrected chi connectivity index (χ1v) is 6.08. The third kappa shape index (κ3) is 3.13. The molecule has 1 nitrogen and oxygen atoms in total. The fraction of sp³-hybridized carbons (Fsp3) is 0. The number of nitriles is 1. The Hall–Kier alpha value is -1.75. The topological polar surface area (TPSA) is 23.8 Å². The number of rotatable bonds is 2. The molecule has 0 aliphatic heterocycles. The molecule has 0 unspecified atom stereocenters. The molecule has 0 aliphatic carbocycles. The van der Waals surface area contributed by atoms with Gasteiger partial charge in [0.25, 0.3) is 0 Å². The predicted octanol–water partition coefficient (Wildman–Crippen LogP) is 5.06. The zero-order valence-corrected chi connectivity index (χ0v) is 10.9. The monoisotopic (exact) mass is 273 g/mol. The van der Waals surface area contributed by atoms with Crippen molar-refractivity contribution in [2.45, 2.75) is 0 Å². The molecular formula is C15H9Cl2N. The lowest BCUT2D eigenvalue weighted by Gasteiger charge is -2.01. The van der Waals surface area contributed by atoms with Crippen molar-refractivity contribution in [2.24, 2.45) is 0 Å². The van der Waals surface area contributed by atoms with Crippen LogP contribution >= 0.6 is 23.2 Å². The Balaban J connectivity index is 2.44. The molecule has 0 aromatic heterocycles. The molecule has 0 aliphatic rings. The third-order valence-electron chi connectivity index (χ3n) is 2.42. The van der Waals surface area contributed by atoms with Crippen LogP contribution in [-0.4, -0.2) is 0 Å². The Kier molecular flexibility index (Phi) is 4.04. The highest BCUT2D eigenvalue weighted by Crippen LogP contribution is 2.22. The Morgan fingerprint density at radius 1 is 1.00 bits per heavy atom. The Morgan fingerprint density at radius 2 is 1.67 bits per heavy atom. The van der Waals surface area contributed by atoms with Crippen molar-refractivity contribution < 1.29 is 0 Å². The van der Waals surface area contributed by atoms with Gasteiger partial charge in [-0.3, -0.25) is 0 Å². The molecule has 0 bridgehead atoms. The molecule has 2 rings (SSSR count). The first kappa shape index (κ1) is 12.7. The lowest BCUT2D eigenvalue weighted by atomic mass is 10.0. The number of benzene rings is 2. The first-order valence-electron chi connectivity index (χ1n) is 5.32. The zero-order chi connectivity index (χ0) is 13.0. The molecule has 2 aromatic rings. The van der Waals surface area contributed by atoms with Gasteiger partial charge in [0.05, 0.1) is 11.6 Å². The maximum Gasteiger partial charge on any atom is 0.0998 e. The van der Waals surface area contributed by atoms with Crippen LogP contribution in [0.2, 0.25) is 10.0 Å². The molecule has 0 spiro atoms. The number of nitrogens with zero attached hydrogens (tertiary/aromatic N) is 1. The Bertz CT molecular complexity index is 639. The van der Waals surface area contributed by atoms with Gasteiger partial charge in [0.15, 0.2) is 0 Å². The fourth-order valence-electron chi connectivity index (χ4n) is 1.60. The highest BCUT2D eigenvalue weighted by atomic mass is 35.5. The summed E-state index contributed by atoms with van der Waals surface area (Å²) >= 11 is 11.8. The van der Waals surface area contributed by atoms with Gasteiger partial charge < -0.3 is 0 Å². The van der Waals surface area contributed by atoms with E-state index in [4.69, 9.17) is 23.2 Å². The molecule has 0 fully saturated rings. The lowest BCUT2D eigenvalue weighted by molar-refractivity contribution is 1.52. The lowest BCUT2D eigenvalue weighted by Crippen LogP contribution is -1.82.